The maximum atomic E-state index is 5.67. The number of unbranched alkanes of at least 4 members (excludes halogenated alkanes) is 3. The topological polar surface area (TPSA) is 63.8 Å². The molecule has 0 aliphatic rings. The van der Waals surface area contributed by atoms with Gasteiger partial charge in [-0.15, -0.1) is 0 Å². The molecule has 1 N–H and O–H groups in total. The summed E-state index contributed by atoms with van der Waals surface area (Å²) >= 11 is 0. The maximum Gasteiger partial charge on any atom is 0.228 e. The van der Waals surface area contributed by atoms with Crippen LogP contribution in [0.3, 0.4) is 0 Å². The van der Waals surface area contributed by atoms with Gasteiger partial charge in [0.05, 0.1) is 0 Å². The summed E-state index contributed by atoms with van der Waals surface area (Å²) in [5, 5.41) is 7.76. The van der Waals surface area contributed by atoms with Crippen molar-refractivity contribution in [1.82, 2.24) is 15.1 Å². The molecule has 5 nitrogen and oxygen atoms in total. The minimum Gasteiger partial charge on any atom is -0.367 e. The maximum absolute atomic E-state index is 5.67. The average Bonchev–Trinajstić information content (AvgIpc) is 2.97. The van der Waals surface area contributed by atoms with Crippen molar-refractivity contribution in [2.75, 3.05) is 11.9 Å². The highest BCUT2D eigenvalue weighted by Gasteiger charge is 2.20. The lowest BCUT2D eigenvalue weighted by atomic mass is 9.97. The van der Waals surface area contributed by atoms with Gasteiger partial charge in [-0.25, -0.2) is 9.97 Å². The van der Waals surface area contributed by atoms with E-state index in [4.69, 9.17) is 4.52 Å². The first-order chi connectivity index (χ1) is 12.5. The normalized spacial score (nSPS) is 11.3. The lowest BCUT2D eigenvalue weighted by Gasteiger charge is -2.09. The fourth-order valence-corrected chi connectivity index (χ4v) is 3.54. The quantitative estimate of drug-likeness (QED) is 0.568. The van der Waals surface area contributed by atoms with E-state index in [1.807, 2.05) is 6.92 Å². The predicted molar refractivity (Wildman–Crippen MR) is 107 cm³/mol. The van der Waals surface area contributed by atoms with Crippen LogP contribution in [0.2, 0.25) is 0 Å². The molecular formula is C21H28N4O. The molecule has 2 heterocycles. The monoisotopic (exact) mass is 352 g/mol. The molecule has 0 saturated heterocycles. The zero-order valence-electron chi connectivity index (χ0n) is 16.4. The van der Waals surface area contributed by atoms with E-state index >= 15 is 0 Å². The Kier molecular flexibility index (Phi) is 5.55. The lowest BCUT2D eigenvalue weighted by molar-refractivity contribution is 0.459. The van der Waals surface area contributed by atoms with Crippen LogP contribution in [0.5, 0.6) is 0 Å². The Hall–Kier alpha value is -2.43. The second-order valence-corrected chi connectivity index (χ2v) is 7.09. The Labute approximate surface area is 155 Å². The first-order valence-electron chi connectivity index (χ1n) is 9.47. The number of nitrogens with zero attached hydrogens (tertiary/aromatic N) is 3. The number of aromatic nitrogens is 3. The van der Waals surface area contributed by atoms with Crippen molar-refractivity contribution in [3.05, 3.63) is 34.6 Å². The summed E-state index contributed by atoms with van der Waals surface area (Å²) < 4.78 is 5.67. The van der Waals surface area contributed by atoms with Crippen molar-refractivity contribution < 1.29 is 4.52 Å². The first-order valence-corrected chi connectivity index (χ1v) is 9.47. The molecule has 0 saturated carbocycles. The second-order valence-electron chi connectivity index (χ2n) is 7.09. The van der Waals surface area contributed by atoms with Gasteiger partial charge >= 0.3 is 0 Å². The van der Waals surface area contributed by atoms with Crippen LogP contribution in [-0.2, 0) is 0 Å². The van der Waals surface area contributed by atoms with E-state index in [1.54, 1.807) is 0 Å². The molecule has 0 unspecified atom stereocenters. The summed E-state index contributed by atoms with van der Waals surface area (Å²) in [7, 11) is 0. The van der Waals surface area contributed by atoms with E-state index in [0.29, 0.717) is 5.58 Å². The average molecular weight is 352 g/mol. The van der Waals surface area contributed by atoms with Crippen LogP contribution in [-0.4, -0.2) is 21.7 Å². The highest BCUT2D eigenvalue weighted by atomic mass is 16.5. The Morgan fingerprint density at radius 3 is 2.38 bits per heavy atom. The molecule has 0 bridgehead atoms. The number of rotatable bonds is 7. The molecule has 3 aromatic rings. The van der Waals surface area contributed by atoms with Crippen LogP contribution in [0.15, 0.2) is 16.7 Å². The van der Waals surface area contributed by atoms with Gasteiger partial charge in [-0.1, -0.05) is 49.0 Å². The van der Waals surface area contributed by atoms with Crippen molar-refractivity contribution in [2.24, 2.45) is 0 Å². The third kappa shape index (κ3) is 3.71. The Balaban J connectivity index is 1.98. The molecule has 3 rings (SSSR count). The van der Waals surface area contributed by atoms with Crippen molar-refractivity contribution >= 4 is 16.9 Å². The Morgan fingerprint density at radius 1 is 0.962 bits per heavy atom. The van der Waals surface area contributed by atoms with Gasteiger partial charge < -0.3 is 9.84 Å². The van der Waals surface area contributed by atoms with Gasteiger partial charge in [-0.05, 0) is 45.2 Å². The van der Waals surface area contributed by atoms with E-state index in [1.165, 1.54) is 36.0 Å². The Bertz CT molecular complexity index is 891. The van der Waals surface area contributed by atoms with Gasteiger partial charge in [-0.2, -0.15) is 0 Å². The highest BCUT2D eigenvalue weighted by Crippen LogP contribution is 2.34. The fourth-order valence-electron chi connectivity index (χ4n) is 3.54. The number of hydrogen-bond acceptors (Lipinski definition) is 5. The number of benzene rings is 1. The first kappa shape index (κ1) is 18.4. The number of nitrogens with one attached hydrogen (secondary N) is 1. The van der Waals surface area contributed by atoms with E-state index in [0.717, 1.165) is 41.4 Å². The molecule has 0 fully saturated rings. The van der Waals surface area contributed by atoms with Gasteiger partial charge in [0.25, 0.3) is 0 Å². The third-order valence-electron chi connectivity index (χ3n) is 4.67. The lowest BCUT2D eigenvalue weighted by Crippen LogP contribution is -2.05. The standard InChI is InChI=1S/C21H28N4O/c1-6-7-8-9-10-22-21-20-19(23-16(5)24-21)18(25-26-20)17-14(3)11-13(2)12-15(17)4/h11-12H,6-10H2,1-5H3,(H,22,23,24). The van der Waals surface area contributed by atoms with E-state index < -0.39 is 0 Å². The van der Waals surface area contributed by atoms with Crippen LogP contribution in [0.1, 0.15) is 55.1 Å². The number of aryl methyl sites for hydroxylation is 4. The second kappa shape index (κ2) is 7.85. The van der Waals surface area contributed by atoms with Gasteiger partial charge in [0.2, 0.25) is 5.58 Å². The van der Waals surface area contributed by atoms with E-state index in [-0.39, 0.29) is 0 Å². The summed E-state index contributed by atoms with van der Waals surface area (Å²) in [6.45, 7) is 11.3. The molecule has 2 aromatic heterocycles. The number of hydrogen-bond donors (Lipinski definition) is 1. The van der Waals surface area contributed by atoms with Crippen LogP contribution in [0.25, 0.3) is 22.4 Å². The smallest absolute Gasteiger partial charge is 0.228 e. The summed E-state index contributed by atoms with van der Waals surface area (Å²) in [5.41, 5.74) is 6.93. The largest absolute Gasteiger partial charge is 0.367 e. The molecule has 5 heteroatoms. The molecule has 0 spiro atoms. The molecule has 0 aliphatic carbocycles. The number of anilines is 1. The van der Waals surface area contributed by atoms with Crippen molar-refractivity contribution in [2.45, 2.75) is 60.3 Å². The minimum atomic E-state index is 0.639. The predicted octanol–water partition coefficient (Wildman–Crippen LogP) is 5.51. The third-order valence-corrected chi connectivity index (χ3v) is 4.67. The van der Waals surface area contributed by atoms with Gasteiger partial charge in [-0.3, -0.25) is 0 Å². The van der Waals surface area contributed by atoms with Crippen LogP contribution in [0.4, 0.5) is 5.82 Å². The molecule has 0 amide bonds. The summed E-state index contributed by atoms with van der Waals surface area (Å²) in [6.07, 6.45) is 4.84. The zero-order valence-corrected chi connectivity index (χ0v) is 16.4. The molecule has 26 heavy (non-hydrogen) atoms. The fraction of sp³-hybridized carbons (Fsp3) is 0.476. The van der Waals surface area contributed by atoms with Gasteiger partial charge in [0.1, 0.15) is 17.0 Å². The molecule has 0 atom stereocenters. The van der Waals surface area contributed by atoms with Crippen molar-refractivity contribution in [3.63, 3.8) is 0 Å². The van der Waals surface area contributed by atoms with Crippen molar-refractivity contribution in [1.29, 1.82) is 0 Å². The molecule has 138 valence electrons. The van der Waals surface area contributed by atoms with Crippen molar-refractivity contribution in [3.8, 4) is 11.3 Å². The Morgan fingerprint density at radius 2 is 1.69 bits per heavy atom. The van der Waals surface area contributed by atoms with E-state index in [9.17, 15) is 0 Å². The highest BCUT2D eigenvalue weighted by molar-refractivity contribution is 5.95. The minimum absolute atomic E-state index is 0.639. The molecule has 0 radical (unpaired) electrons. The van der Waals surface area contributed by atoms with Gasteiger partial charge in [0, 0.05) is 12.1 Å². The summed E-state index contributed by atoms with van der Waals surface area (Å²) in [5.74, 6) is 1.46. The SMILES string of the molecule is CCCCCCNc1nc(C)nc2c(-c3c(C)cc(C)cc3C)noc12. The molecular weight excluding hydrogens is 324 g/mol. The summed E-state index contributed by atoms with van der Waals surface area (Å²) in [6, 6.07) is 4.34. The number of fused-ring (bicyclic) bond motifs is 1. The van der Waals surface area contributed by atoms with E-state index in [2.05, 4.69) is 60.3 Å². The van der Waals surface area contributed by atoms with Crippen LogP contribution >= 0.6 is 0 Å². The zero-order chi connectivity index (χ0) is 18.7. The van der Waals surface area contributed by atoms with Crippen LogP contribution in [0, 0.1) is 27.7 Å². The van der Waals surface area contributed by atoms with Gasteiger partial charge in [0.15, 0.2) is 5.82 Å². The summed E-state index contributed by atoms with van der Waals surface area (Å²) in [4.78, 5) is 9.16. The molecule has 1 aromatic carbocycles. The van der Waals surface area contributed by atoms with Crippen LogP contribution < -0.4 is 5.32 Å². The molecule has 0 aliphatic heterocycles.